The van der Waals surface area contributed by atoms with E-state index in [0.29, 0.717) is 12.5 Å². The van der Waals surface area contributed by atoms with E-state index in [4.69, 9.17) is 21.1 Å². The van der Waals surface area contributed by atoms with Gasteiger partial charge in [-0.25, -0.2) is 0 Å². The van der Waals surface area contributed by atoms with Crippen LogP contribution in [0.15, 0.2) is 18.2 Å². The summed E-state index contributed by atoms with van der Waals surface area (Å²) >= 11 is 6.34. The molecule has 0 atom stereocenters. The van der Waals surface area contributed by atoms with Crippen molar-refractivity contribution in [2.24, 2.45) is 5.92 Å². The first kappa shape index (κ1) is 16.6. The molecule has 1 N–H and O–H groups in total. The number of rotatable bonds is 5. The highest BCUT2D eigenvalue weighted by Crippen LogP contribution is 2.28. The molecule has 0 aromatic heterocycles. The quantitative estimate of drug-likeness (QED) is 0.890. The first-order valence-electron chi connectivity index (χ1n) is 7.69. The van der Waals surface area contributed by atoms with Crippen molar-refractivity contribution in [1.82, 2.24) is 5.32 Å². The monoisotopic (exact) mass is 311 g/mol. The molecule has 4 heteroatoms. The van der Waals surface area contributed by atoms with Crippen LogP contribution < -0.4 is 10.1 Å². The van der Waals surface area contributed by atoms with Crippen LogP contribution in [0.1, 0.15) is 39.2 Å². The van der Waals surface area contributed by atoms with E-state index >= 15 is 0 Å². The second-order valence-corrected chi connectivity index (χ2v) is 7.09. The van der Waals surface area contributed by atoms with Crippen LogP contribution in [0.2, 0.25) is 5.02 Å². The third-order valence-corrected chi connectivity index (χ3v) is 4.04. The van der Waals surface area contributed by atoms with Gasteiger partial charge in [-0.05, 0) is 51.7 Å². The van der Waals surface area contributed by atoms with Gasteiger partial charge in [0.25, 0.3) is 0 Å². The molecule has 2 rings (SSSR count). The van der Waals surface area contributed by atoms with Crippen LogP contribution in [0, 0.1) is 5.92 Å². The van der Waals surface area contributed by atoms with Crippen molar-refractivity contribution in [1.29, 1.82) is 0 Å². The smallest absolute Gasteiger partial charge is 0.125 e. The summed E-state index contributed by atoms with van der Waals surface area (Å²) in [4.78, 5) is 0. The molecule has 21 heavy (non-hydrogen) atoms. The van der Waals surface area contributed by atoms with Gasteiger partial charge >= 0.3 is 0 Å². The Hall–Kier alpha value is -0.770. The van der Waals surface area contributed by atoms with E-state index in [2.05, 4.69) is 26.1 Å². The molecule has 118 valence electrons. The van der Waals surface area contributed by atoms with E-state index in [1.807, 2.05) is 18.2 Å². The van der Waals surface area contributed by atoms with Gasteiger partial charge in [0.1, 0.15) is 5.75 Å². The summed E-state index contributed by atoms with van der Waals surface area (Å²) in [5.41, 5.74) is 1.10. The van der Waals surface area contributed by atoms with Gasteiger partial charge in [0.2, 0.25) is 0 Å². The fourth-order valence-corrected chi connectivity index (χ4v) is 2.55. The lowest BCUT2D eigenvalue weighted by Gasteiger charge is -2.24. The van der Waals surface area contributed by atoms with Crippen molar-refractivity contribution >= 4 is 11.6 Å². The largest absolute Gasteiger partial charge is 0.493 e. The number of benzene rings is 1. The average Bonchev–Trinajstić information content (AvgIpc) is 2.44. The van der Waals surface area contributed by atoms with Crippen molar-refractivity contribution in [3.63, 3.8) is 0 Å². The highest BCUT2D eigenvalue weighted by Gasteiger charge is 2.17. The third-order valence-electron chi connectivity index (χ3n) is 3.69. The van der Waals surface area contributed by atoms with Crippen LogP contribution in [-0.2, 0) is 11.3 Å². The van der Waals surface area contributed by atoms with Crippen molar-refractivity contribution in [3.05, 3.63) is 28.8 Å². The minimum Gasteiger partial charge on any atom is -0.493 e. The summed E-state index contributed by atoms with van der Waals surface area (Å²) < 4.78 is 11.4. The summed E-state index contributed by atoms with van der Waals surface area (Å²) in [7, 11) is 0. The maximum atomic E-state index is 6.34. The van der Waals surface area contributed by atoms with Crippen molar-refractivity contribution in [3.8, 4) is 5.75 Å². The van der Waals surface area contributed by atoms with Gasteiger partial charge in [-0.1, -0.05) is 17.7 Å². The molecule has 1 aromatic rings. The second kappa shape index (κ2) is 7.48. The predicted octanol–water partition coefficient (Wildman–Crippen LogP) is 4.03. The molecule has 3 nitrogen and oxygen atoms in total. The zero-order valence-corrected chi connectivity index (χ0v) is 14.0. The molecule has 1 saturated heterocycles. The molecule has 0 saturated carbocycles. The molecule has 0 amide bonds. The number of ether oxygens (including phenoxy) is 2. The van der Waals surface area contributed by atoms with Crippen molar-refractivity contribution < 1.29 is 9.47 Å². The highest BCUT2D eigenvalue weighted by atomic mass is 35.5. The molecule has 1 aliphatic rings. The molecular formula is C17H26ClNO2. The Morgan fingerprint density at radius 3 is 2.67 bits per heavy atom. The Morgan fingerprint density at radius 2 is 2.00 bits per heavy atom. The van der Waals surface area contributed by atoms with Gasteiger partial charge in [0, 0.05) is 35.9 Å². The molecule has 1 aliphatic heterocycles. The van der Waals surface area contributed by atoms with E-state index in [-0.39, 0.29) is 5.54 Å². The summed E-state index contributed by atoms with van der Waals surface area (Å²) in [6.45, 7) is 9.59. The normalized spacial score (nSPS) is 17.0. The molecule has 0 bridgehead atoms. The molecule has 1 aromatic carbocycles. The molecular weight excluding hydrogens is 286 g/mol. The summed E-state index contributed by atoms with van der Waals surface area (Å²) in [5.74, 6) is 1.48. The molecule has 0 radical (unpaired) electrons. The number of halogens is 1. The second-order valence-electron chi connectivity index (χ2n) is 6.69. The molecule has 1 fully saturated rings. The minimum atomic E-state index is 0.0527. The highest BCUT2D eigenvalue weighted by molar-refractivity contribution is 6.31. The minimum absolute atomic E-state index is 0.0527. The Labute approximate surface area is 133 Å². The molecule has 0 spiro atoms. The predicted molar refractivity (Wildman–Crippen MR) is 87.1 cm³/mol. The summed E-state index contributed by atoms with van der Waals surface area (Å²) in [6.07, 6.45) is 2.16. The van der Waals surface area contributed by atoms with Crippen LogP contribution in [0.4, 0.5) is 0 Å². The van der Waals surface area contributed by atoms with Crippen LogP contribution in [0.5, 0.6) is 5.75 Å². The lowest BCUT2D eigenvalue weighted by atomic mass is 10.0. The summed E-state index contributed by atoms with van der Waals surface area (Å²) in [6, 6.07) is 5.87. The summed E-state index contributed by atoms with van der Waals surface area (Å²) in [5, 5.41) is 4.23. The average molecular weight is 312 g/mol. The van der Waals surface area contributed by atoms with Gasteiger partial charge in [0.15, 0.2) is 0 Å². The first-order valence-corrected chi connectivity index (χ1v) is 8.06. The van der Waals surface area contributed by atoms with Crippen LogP contribution in [0.25, 0.3) is 0 Å². The van der Waals surface area contributed by atoms with Gasteiger partial charge in [-0.3, -0.25) is 0 Å². The first-order chi connectivity index (χ1) is 9.96. The van der Waals surface area contributed by atoms with Crippen LogP contribution in [0.3, 0.4) is 0 Å². The number of hydrogen-bond donors (Lipinski definition) is 1. The number of nitrogens with one attached hydrogen (secondary N) is 1. The van der Waals surface area contributed by atoms with Crippen LogP contribution in [-0.4, -0.2) is 25.4 Å². The van der Waals surface area contributed by atoms with E-state index in [1.165, 1.54) is 0 Å². The van der Waals surface area contributed by atoms with Gasteiger partial charge < -0.3 is 14.8 Å². The van der Waals surface area contributed by atoms with Crippen molar-refractivity contribution in [2.75, 3.05) is 19.8 Å². The zero-order chi connectivity index (χ0) is 15.3. The van der Waals surface area contributed by atoms with Gasteiger partial charge in [-0.2, -0.15) is 0 Å². The topological polar surface area (TPSA) is 30.5 Å². The maximum Gasteiger partial charge on any atom is 0.125 e. The molecule has 1 heterocycles. The zero-order valence-electron chi connectivity index (χ0n) is 13.2. The van der Waals surface area contributed by atoms with Gasteiger partial charge in [0.05, 0.1) is 6.61 Å². The Morgan fingerprint density at radius 1 is 1.29 bits per heavy atom. The molecule has 0 aliphatic carbocycles. The van der Waals surface area contributed by atoms with E-state index in [9.17, 15) is 0 Å². The fraction of sp³-hybridized carbons (Fsp3) is 0.647. The standard InChI is InChI=1S/C17H26ClNO2/c1-17(2,3)19-11-14-15(18)5-4-6-16(14)21-12-13-7-9-20-10-8-13/h4-6,13,19H,7-12H2,1-3H3. The van der Waals surface area contributed by atoms with E-state index in [1.54, 1.807) is 0 Å². The fourth-order valence-electron chi connectivity index (χ4n) is 2.32. The lowest BCUT2D eigenvalue weighted by molar-refractivity contribution is 0.0496. The lowest BCUT2D eigenvalue weighted by Crippen LogP contribution is -2.35. The SMILES string of the molecule is CC(C)(C)NCc1c(Cl)cccc1OCC1CCOCC1. The Bertz CT molecular complexity index is 451. The third kappa shape index (κ3) is 5.50. The molecule has 0 unspecified atom stereocenters. The Balaban J connectivity index is 1.99. The Kier molecular flexibility index (Phi) is 5.91. The van der Waals surface area contributed by atoms with E-state index < -0.39 is 0 Å². The maximum absolute atomic E-state index is 6.34. The van der Waals surface area contributed by atoms with Crippen molar-refractivity contribution in [2.45, 2.75) is 45.7 Å². The van der Waals surface area contributed by atoms with Crippen LogP contribution >= 0.6 is 11.6 Å². The van der Waals surface area contributed by atoms with E-state index in [0.717, 1.165) is 49.0 Å². The van der Waals surface area contributed by atoms with Gasteiger partial charge in [-0.15, -0.1) is 0 Å². The number of hydrogen-bond acceptors (Lipinski definition) is 3.